The van der Waals surface area contributed by atoms with Gasteiger partial charge in [-0.05, 0) is 55.5 Å². The van der Waals surface area contributed by atoms with Crippen LogP contribution in [-0.2, 0) is 6.42 Å². The molecule has 0 aliphatic heterocycles. The molecule has 0 bridgehead atoms. The molecule has 112 valence electrons. The molecule has 21 heavy (non-hydrogen) atoms. The predicted molar refractivity (Wildman–Crippen MR) is 88.5 cm³/mol. The minimum atomic E-state index is 0.102. The van der Waals surface area contributed by atoms with Crippen molar-refractivity contribution in [1.82, 2.24) is 0 Å². The van der Waals surface area contributed by atoms with Gasteiger partial charge in [0.2, 0.25) is 0 Å². The third kappa shape index (κ3) is 4.91. The van der Waals surface area contributed by atoms with Crippen LogP contribution in [0.5, 0.6) is 5.75 Å². The summed E-state index contributed by atoms with van der Waals surface area (Å²) in [5, 5.41) is 0. The molecule has 0 fully saturated rings. The SMILES string of the molecule is CCc1ccc(OC(CCCCN)c2ccccc2)cc1. The Morgan fingerprint density at radius 2 is 1.67 bits per heavy atom. The molecule has 0 aromatic heterocycles. The van der Waals surface area contributed by atoms with Crippen molar-refractivity contribution < 1.29 is 4.74 Å². The van der Waals surface area contributed by atoms with Crippen LogP contribution in [0.15, 0.2) is 54.6 Å². The molecule has 0 heterocycles. The zero-order valence-electron chi connectivity index (χ0n) is 12.8. The average Bonchev–Trinajstić information content (AvgIpc) is 2.55. The van der Waals surface area contributed by atoms with E-state index in [4.69, 9.17) is 10.5 Å². The number of rotatable bonds is 8. The first-order valence-electron chi connectivity index (χ1n) is 7.84. The second-order valence-electron chi connectivity index (χ2n) is 5.30. The van der Waals surface area contributed by atoms with Crippen LogP contribution in [0.25, 0.3) is 0 Å². The van der Waals surface area contributed by atoms with Crippen LogP contribution in [0.2, 0.25) is 0 Å². The summed E-state index contributed by atoms with van der Waals surface area (Å²) in [6, 6.07) is 18.8. The first-order chi connectivity index (χ1) is 10.3. The first-order valence-corrected chi connectivity index (χ1v) is 7.84. The van der Waals surface area contributed by atoms with Crippen LogP contribution in [0.3, 0.4) is 0 Å². The lowest BCUT2D eigenvalue weighted by atomic mass is 10.0. The van der Waals surface area contributed by atoms with E-state index in [1.165, 1.54) is 11.1 Å². The minimum absolute atomic E-state index is 0.102. The number of ether oxygens (including phenoxy) is 1. The Balaban J connectivity index is 2.07. The Hall–Kier alpha value is -1.80. The van der Waals surface area contributed by atoms with E-state index in [1.807, 2.05) is 6.07 Å². The zero-order chi connectivity index (χ0) is 14.9. The van der Waals surface area contributed by atoms with Gasteiger partial charge in [-0.1, -0.05) is 49.4 Å². The molecule has 2 rings (SSSR count). The maximum Gasteiger partial charge on any atom is 0.124 e. The normalized spacial score (nSPS) is 12.1. The van der Waals surface area contributed by atoms with Crippen molar-refractivity contribution >= 4 is 0 Å². The van der Waals surface area contributed by atoms with E-state index in [-0.39, 0.29) is 6.10 Å². The molecule has 0 spiro atoms. The number of nitrogens with two attached hydrogens (primary N) is 1. The molecule has 0 saturated heterocycles. The standard InChI is InChI=1S/C19H25NO/c1-2-16-11-13-18(14-12-16)21-19(10-6-7-15-20)17-8-4-3-5-9-17/h3-5,8-9,11-14,19H,2,6-7,10,15,20H2,1H3. The lowest BCUT2D eigenvalue weighted by molar-refractivity contribution is 0.191. The van der Waals surface area contributed by atoms with Crippen LogP contribution >= 0.6 is 0 Å². The Morgan fingerprint density at radius 3 is 2.29 bits per heavy atom. The molecule has 2 heteroatoms. The Bertz CT molecular complexity index is 507. The van der Waals surface area contributed by atoms with E-state index in [1.54, 1.807) is 0 Å². The van der Waals surface area contributed by atoms with Gasteiger partial charge in [0.25, 0.3) is 0 Å². The van der Waals surface area contributed by atoms with Gasteiger partial charge in [-0.25, -0.2) is 0 Å². The van der Waals surface area contributed by atoms with Crippen molar-refractivity contribution in [3.63, 3.8) is 0 Å². The molecule has 2 nitrogen and oxygen atoms in total. The summed E-state index contributed by atoms with van der Waals surface area (Å²) in [5.41, 5.74) is 8.16. The van der Waals surface area contributed by atoms with Gasteiger partial charge in [-0.3, -0.25) is 0 Å². The molecular weight excluding hydrogens is 258 g/mol. The monoisotopic (exact) mass is 283 g/mol. The fraction of sp³-hybridized carbons (Fsp3) is 0.368. The van der Waals surface area contributed by atoms with E-state index in [0.717, 1.165) is 38.0 Å². The molecule has 2 aromatic rings. The lowest BCUT2D eigenvalue weighted by Gasteiger charge is -2.20. The molecule has 2 N–H and O–H groups in total. The number of hydrogen-bond acceptors (Lipinski definition) is 2. The summed E-state index contributed by atoms with van der Waals surface area (Å²) in [4.78, 5) is 0. The van der Waals surface area contributed by atoms with Gasteiger partial charge in [-0.15, -0.1) is 0 Å². The van der Waals surface area contributed by atoms with E-state index < -0.39 is 0 Å². The predicted octanol–water partition coefficient (Wildman–Crippen LogP) is 4.50. The van der Waals surface area contributed by atoms with Crippen LogP contribution in [0.4, 0.5) is 0 Å². The summed E-state index contributed by atoms with van der Waals surface area (Å²) >= 11 is 0. The van der Waals surface area contributed by atoms with Gasteiger partial charge in [0.15, 0.2) is 0 Å². The highest BCUT2D eigenvalue weighted by Crippen LogP contribution is 2.26. The number of benzene rings is 2. The number of aryl methyl sites for hydroxylation is 1. The van der Waals surface area contributed by atoms with E-state index in [9.17, 15) is 0 Å². The average molecular weight is 283 g/mol. The third-order valence-electron chi connectivity index (χ3n) is 3.70. The number of hydrogen-bond donors (Lipinski definition) is 1. The van der Waals surface area contributed by atoms with Crippen molar-refractivity contribution in [2.75, 3.05) is 6.54 Å². The fourth-order valence-electron chi connectivity index (χ4n) is 2.40. The summed E-state index contributed by atoms with van der Waals surface area (Å²) in [6.45, 7) is 2.90. The topological polar surface area (TPSA) is 35.2 Å². The summed E-state index contributed by atoms with van der Waals surface area (Å²) < 4.78 is 6.21. The summed E-state index contributed by atoms with van der Waals surface area (Å²) in [5.74, 6) is 0.939. The van der Waals surface area contributed by atoms with Crippen LogP contribution in [-0.4, -0.2) is 6.54 Å². The Morgan fingerprint density at radius 1 is 0.952 bits per heavy atom. The Labute approximate surface area is 127 Å². The minimum Gasteiger partial charge on any atom is -0.486 e. The molecule has 2 aromatic carbocycles. The lowest BCUT2D eigenvalue weighted by Crippen LogP contribution is -2.09. The quantitative estimate of drug-likeness (QED) is 0.724. The molecular formula is C19H25NO. The van der Waals surface area contributed by atoms with E-state index in [2.05, 4.69) is 55.5 Å². The van der Waals surface area contributed by atoms with Crippen molar-refractivity contribution in [3.05, 3.63) is 65.7 Å². The van der Waals surface area contributed by atoms with Crippen molar-refractivity contribution in [2.45, 2.75) is 38.7 Å². The van der Waals surface area contributed by atoms with Crippen LogP contribution in [0.1, 0.15) is 43.4 Å². The molecule has 1 unspecified atom stereocenters. The molecule has 0 radical (unpaired) electrons. The number of unbranched alkanes of at least 4 members (excludes halogenated alkanes) is 1. The molecule has 0 amide bonds. The maximum atomic E-state index is 6.21. The van der Waals surface area contributed by atoms with Crippen LogP contribution < -0.4 is 10.5 Å². The molecule has 1 atom stereocenters. The van der Waals surface area contributed by atoms with Gasteiger partial charge < -0.3 is 10.5 Å². The van der Waals surface area contributed by atoms with E-state index in [0.29, 0.717) is 0 Å². The van der Waals surface area contributed by atoms with Crippen molar-refractivity contribution in [1.29, 1.82) is 0 Å². The smallest absolute Gasteiger partial charge is 0.124 e. The fourth-order valence-corrected chi connectivity index (χ4v) is 2.40. The third-order valence-corrected chi connectivity index (χ3v) is 3.70. The van der Waals surface area contributed by atoms with Crippen molar-refractivity contribution in [3.8, 4) is 5.75 Å². The van der Waals surface area contributed by atoms with Gasteiger partial charge >= 0.3 is 0 Å². The highest BCUT2D eigenvalue weighted by molar-refractivity contribution is 5.28. The Kier molecular flexibility index (Phi) is 6.29. The molecule has 0 saturated carbocycles. The molecule has 0 aliphatic rings. The van der Waals surface area contributed by atoms with Crippen LogP contribution in [0, 0.1) is 0 Å². The molecule has 0 aliphatic carbocycles. The maximum absolute atomic E-state index is 6.21. The van der Waals surface area contributed by atoms with Gasteiger partial charge in [0, 0.05) is 0 Å². The van der Waals surface area contributed by atoms with Crippen molar-refractivity contribution in [2.24, 2.45) is 5.73 Å². The zero-order valence-corrected chi connectivity index (χ0v) is 12.8. The highest BCUT2D eigenvalue weighted by Gasteiger charge is 2.12. The summed E-state index contributed by atoms with van der Waals surface area (Å²) in [6.07, 6.45) is 4.28. The van der Waals surface area contributed by atoms with E-state index >= 15 is 0 Å². The van der Waals surface area contributed by atoms with Gasteiger partial charge in [-0.2, -0.15) is 0 Å². The first kappa shape index (κ1) is 15.6. The largest absolute Gasteiger partial charge is 0.486 e. The van der Waals surface area contributed by atoms with Gasteiger partial charge in [0.1, 0.15) is 11.9 Å². The second kappa shape index (κ2) is 8.48. The highest BCUT2D eigenvalue weighted by atomic mass is 16.5. The van der Waals surface area contributed by atoms with Gasteiger partial charge in [0.05, 0.1) is 0 Å². The second-order valence-corrected chi connectivity index (χ2v) is 5.30. The summed E-state index contributed by atoms with van der Waals surface area (Å²) in [7, 11) is 0.